The van der Waals surface area contributed by atoms with Crippen molar-refractivity contribution in [3.63, 3.8) is 0 Å². The largest absolute Gasteiger partial charge is 0.486 e. The molecule has 186 valence electrons. The Labute approximate surface area is 230 Å². The minimum Gasteiger partial charge on any atom is -0.486 e. The number of aliphatic imine (C=N–C) groups is 1. The lowest BCUT2D eigenvalue weighted by molar-refractivity contribution is -0.122. The standard InChI is InChI=1S/C28H25Cl3N2O2S/c1-17(2)15-33-27(34)25(36-28(33)32-22-10-8-21(29)9-11-22)14-20-12-23(30)26(24(31)13-20)35-16-19-6-4-18(3)5-7-19/h4-14,17H,15-16H2,1-3H3/b25-14-,32-28?. The maximum absolute atomic E-state index is 13.3. The van der Waals surface area contributed by atoms with E-state index in [1.165, 1.54) is 17.3 Å². The average Bonchev–Trinajstić information content (AvgIpc) is 3.09. The van der Waals surface area contributed by atoms with E-state index in [-0.39, 0.29) is 11.8 Å². The summed E-state index contributed by atoms with van der Waals surface area (Å²) in [6, 6.07) is 18.8. The van der Waals surface area contributed by atoms with Crippen molar-refractivity contribution in [1.82, 2.24) is 4.90 Å². The van der Waals surface area contributed by atoms with Gasteiger partial charge in [0.25, 0.3) is 5.91 Å². The molecule has 4 nitrogen and oxygen atoms in total. The molecule has 1 saturated heterocycles. The zero-order chi connectivity index (χ0) is 25.8. The smallest absolute Gasteiger partial charge is 0.266 e. The van der Waals surface area contributed by atoms with Crippen molar-refractivity contribution in [2.45, 2.75) is 27.4 Å². The van der Waals surface area contributed by atoms with Gasteiger partial charge in [0.05, 0.1) is 20.6 Å². The molecule has 8 heteroatoms. The van der Waals surface area contributed by atoms with E-state index in [9.17, 15) is 4.79 Å². The second-order valence-electron chi connectivity index (χ2n) is 8.88. The predicted molar refractivity (Wildman–Crippen MR) is 153 cm³/mol. The van der Waals surface area contributed by atoms with E-state index < -0.39 is 0 Å². The molecule has 36 heavy (non-hydrogen) atoms. The molecular formula is C28H25Cl3N2O2S. The summed E-state index contributed by atoms with van der Waals surface area (Å²) in [4.78, 5) is 20.2. The van der Waals surface area contributed by atoms with Gasteiger partial charge in [0, 0.05) is 11.6 Å². The minimum absolute atomic E-state index is 0.103. The molecule has 0 saturated carbocycles. The molecule has 0 N–H and O–H groups in total. The first kappa shape index (κ1) is 26.6. The summed E-state index contributed by atoms with van der Waals surface area (Å²) in [5.41, 5.74) is 3.64. The quantitative estimate of drug-likeness (QED) is 0.272. The van der Waals surface area contributed by atoms with Gasteiger partial charge in [-0.25, -0.2) is 4.99 Å². The van der Waals surface area contributed by atoms with Crippen molar-refractivity contribution in [3.05, 3.63) is 97.3 Å². The normalized spacial score (nSPS) is 16.0. The van der Waals surface area contributed by atoms with Crippen molar-refractivity contribution >= 4 is 69.4 Å². The monoisotopic (exact) mass is 558 g/mol. The average molecular weight is 560 g/mol. The highest BCUT2D eigenvalue weighted by Crippen LogP contribution is 2.38. The van der Waals surface area contributed by atoms with Gasteiger partial charge in [0.1, 0.15) is 6.61 Å². The van der Waals surface area contributed by atoms with Crippen LogP contribution in [0.4, 0.5) is 5.69 Å². The van der Waals surface area contributed by atoms with E-state index in [4.69, 9.17) is 44.5 Å². The lowest BCUT2D eigenvalue weighted by Gasteiger charge is -2.17. The van der Waals surface area contributed by atoms with Gasteiger partial charge in [-0.15, -0.1) is 0 Å². The summed E-state index contributed by atoms with van der Waals surface area (Å²) in [6.07, 6.45) is 1.78. The molecule has 1 heterocycles. The number of nitrogens with zero attached hydrogens (tertiary/aromatic N) is 2. The van der Waals surface area contributed by atoms with Crippen molar-refractivity contribution in [2.24, 2.45) is 10.9 Å². The summed E-state index contributed by atoms with van der Waals surface area (Å²) >= 11 is 20.4. The fourth-order valence-electron chi connectivity index (χ4n) is 3.54. The van der Waals surface area contributed by atoms with Gasteiger partial charge < -0.3 is 4.74 Å². The minimum atomic E-state index is -0.103. The molecule has 1 amide bonds. The molecule has 0 atom stereocenters. The van der Waals surface area contributed by atoms with Crippen molar-refractivity contribution in [1.29, 1.82) is 0 Å². The molecular weight excluding hydrogens is 535 g/mol. The van der Waals surface area contributed by atoms with E-state index >= 15 is 0 Å². The number of hydrogen-bond acceptors (Lipinski definition) is 4. The zero-order valence-corrected chi connectivity index (χ0v) is 23.2. The van der Waals surface area contributed by atoms with Crippen LogP contribution in [0.25, 0.3) is 6.08 Å². The van der Waals surface area contributed by atoms with E-state index in [0.29, 0.717) is 49.6 Å². The van der Waals surface area contributed by atoms with Crippen LogP contribution in [-0.4, -0.2) is 22.5 Å². The number of rotatable bonds is 7. The summed E-state index contributed by atoms with van der Waals surface area (Å²) in [6.45, 7) is 7.07. The number of amidine groups is 1. The molecule has 0 bridgehead atoms. The zero-order valence-electron chi connectivity index (χ0n) is 20.1. The first-order chi connectivity index (χ1) is 17.2. The number of hydrogen-bond donors (Lipinski definition) is 0. The van der Waals surface area contributed by atoms with Gasteiger partial charge in [-0.1, -0.05) is 78.5 Å². The number of thioether (sulfide) groups is 1. The van der Waals surface area contributed by atoms with E-state index in [0.717, 1.165) is 11.3 Å². The summed E-state index contributed by atoms with van der Waals surface area (Å²) < 4.78 is 5.90. The van der Waals surface area contributed by atoms with Gasteiger partial charge in [-0.3, -0.25) is 9.69 Å². The van der Waals surface area contributed by atoms with Crippen LogP contribution in [0, 0.1) is 12.8 Å². The van der Waals surface area contributed by atoms with Gasteiger partial charge in [0.2, 0.25) is 0 Å². The molecule has 3 aromatic rings. The van der Waals surface area contributed by atoms with Crippen LogP contribution in [0.3, 0.4) is 0 Å². The maximum atomic E-state index is 13.3. The molecule has 4 rings (SSSR count). The predicted octanol–water partition coefficient (Wildman–Crippen LogP) is 8.79. The molecule has 1 aliphatic rings. The second-order valence-corrected chi connectivity index (χ2v) is 11.1. The van der Waals surface area contributed by atoms with Crippen molar-refractivity contribution in [3.8, 4) is 5.75 Å². The SMILES string of the molecule is Cc1ccc(COc2c(Cl)cc(/C=C3\SC(=Nc4ccc(Cl)cc4)N(CC(C)C)C3=O)cc2Cl)cc1. The Balaban J connectivity index is 1.57. The number of aryl methyl sites for hydroxylation is 1. The molecule has 1 fully saturated rings. The molecule has 3 aromatic carbocycles. The molecule has 0 radical (unpaired) electrons. The van der Waals surface area contributed by atoms with Crippen LogP contribution in [-0.2, 0) is 11.4 Å². The van der Waals surface area contributed by atoms with Gasteiger partial charge in [0.15, 0.2) is 10.9 Å². The molecule has 0 spiro atoms. The Bertz CT molecular complexity index is 1300. The Morgan fingerprint density at radius 3 is 2.25 bits per heavy atom. The Hall–Kier alpha value is -2.44. The second kappa shape index (κ2) is 11.7. The maximum Gasteiger partial charge on any atom is 0.266 e. The van der Waals surface area contributed by atoms with Crippen molar-refractivity contribution < 1.29 is 9.53 Å². The highest BCUT2D eigenvalue weighted by atomic mass is 35.5. The van der Waals surface area contributed by atoms with Gasteiger partial charge in [-0.05, 0) is 78.2 Å². The van der Waals surface area contributed by atoms with Crippen LogP contribution in [0.5, 0.6) is 5.75 Å². The van der Waals surface area contributed by atoms with Gasteiger partial charge >= 0.3 is 0 Å². The summed E-state index contributed by atoms with van der Waals surface area (Å²) in [5.74, 6) is 0.587. The topological polar surface area (TPSA) is 41.9 Å². The third-order valence-corrected chi connectivity index (χ3v) is 7.13. The summed E-state index contributed by atoms with van der Waals surface area (Å²) in [7, 11) is 0. The molecule has 0 aromatic heterocycles. The van der Waals surface area contributed by atoms with E-state index in [2.05, 4.69) is 13.8 Å². The molecule has 1 aliphatic heterocycles. The lowest BCUT2D eigenvalue weighted by atomic mass is 10.1. The number of carbonyl (C=O) groups is 1. The van der Waals surface area contributed by atoms with Crippen LogP contribution in [0.15, 0.2) is 70.6 Å². The first-order valence-corrected chi connectivity index (χ1v) is 13.4. The summed E-state index contributed by atoms with van der Waals surface area (Å²) in [5, 5.41) is 2.02. The lowest BCUT2D eigenvalue weighted by Crippen LogP contribution is -2.32. The first-order valence-electron chi connectivity index (χ1n) is 11.4. The van der Waals surface area contributed by atoms with E-state index in [1.54, 1.807) is 35.2 Å². The Morgan fingerprint density at radius 1 is 1.00 bits per heavy atom. The number of ether oxygens (including phenoxy) is 1. The fourth-order valence-corrected chi connectivity index (χ4v) is 5.28. The third kappa shape index (κ3) is 6.65. The van der Waals surface area contributed by atoms with Gasteiger partial charge in [-0.2, -0.15) is 0 Å². The number of halogens is 3. The number of carbonyl (C=O) groups excluding carboxylic acids is 1. The third-order valence-electron chi connectivity index (χ3n) is 5.31. The van der Waals surface area contributed by atoms with Crippen molar-refractivity contribution in [2.75, 3.05) is 6.54 Å². The highest BCUT2D eigenvalue weighted by molar-refractivity contribution is 8.18. The Morgan fingerprint density at radius 2 is 1.64 bits per heavy atom. The van der Waals surface area contributed by atoms with Crippen LogP contribution in [0.2, 0.25) is 15.1 Å². The number of benzene rings is 3. The highest BCUT2D eigenvalue weighted by Gasteiger charge is 2.33. The Kier molecular flexibility index (Phi) is 8.68. The molecule has 0 unspecified atom stereocenters. The van der Waals surface area contributed by atoms with Crippen LogP contribution in [0.1, 0.15) is 30.5 Å². The van der Waals surface area contributed by atoms with E-state index in [1.807, 2.05) is 43.3 Å². The van der Waals surface area contributed by atoms with Crippen LogP contribution < -0.4 is 4.74 Å². The molecule has 0 aliphatic carbocycles. The number of amides is 1. The fraction of sp³-hybridized carbons (Fsp3) is 0.214. The van der Waals surface area contributed by atoms with Crippen LogP contribution >= 0.6 is 46.6 Å².